The van der Waals surface area contributed by atoms with Crippen molar-refractivity contribution in [1.82, 2.24) is 14.5 Å². The van der Waals surface area contributed by atoms with Crippen molar-refractivity contribution in [2.24, 2.45) is 5.73 Å². The number of hydrogen-bond donors (Lipinski definition) is 4. The van der Waals surface area contributed by atoms with Crippen LogP contribution in [0.3, 0.4) is 0 Å². The van der Waals surface area contributed by atoms with Crippen LogP contribution in [0.2, 0.25) is 0 Å². The molecule has 0 aromatic carbocycles. The number of ether oxygens (including phenoxy) is 1. The second kappa shape index (κ2) is 4.42. The van der Waals surface area contributed by atoms with Gasteiger partial charge in [0.1, 0.15) is 36.1 Å². The summed E-state index contributed by atoms with van der Waals surface area (Å²) in [6.07, 6.45) is -0.402. The minimum Gasteiger partial charge on any atom is -0.387 e. The van der Waals surface area contributed by atoms with Gasteiger partial charge in [0.05, 0.1) is 5.39 Å². The maximum atomic E-state index is 10.0. The first-order chi connectivity index (χ1) is 9.13. The molecule has 1 saturated heterocycles. The van der Waals surface area contributed by atoms with Crippen LogP contribution in [0, 0.1) is 0 Å². The third kappa shape index (κ3) is 1.77. The Morgan fingerprint density at radius 3 is 2.79 bits per heavy atom. The van der Waals surface area contributed by atoms with E-state index in [-0.39, 0.29) is 6.54 Å². The summed E-state index contributed by atoms with van der Waals surface area (Å²) in [5.41, 5.74) is 11.8. The quantitative estimate of drug-likeness (QED) is 0.524. The van der Waals surface area contributed by atoms with Crippen molar-refractivity contribution in [3.8, 4) is 0 Å². The Morgan fingerprint density at radius 2 is 2.11 bits per heavy atom. The molecule has 6 N–H and O–H groups in total. The molecule has 19 heavy (non-hydrogen) atoms. The molecular formula is C11H15N5O3. The molecule has 8 heteroatoms. The first-order valence-corrected chi connectivity index (χ1v) is 5.92. The number of nitrogens with zero attached hydrogens (tertiary/aromatic N) is 3. The molecule has 0 unspecified atom stereocenters. The van der Waals surface area contributed by atoms with Gasteiger partial charge in [-0.25, -0.2) is 9.97 Å². The number of fused-ring (bicyclic) bond motifs is 1. The molecule has 2 aromatic rings. The van der Waals surface area contributed by atoms with Gasteiger partial charge in [-0.05, 0) is 6.07 Å². The Hall–Kier alpha value is -1.74. The largest absolute Gasteiger partial charge is 0.387 e. The van der Waals surface area contributed by atoms with E-state index in [9.17, 15) is 10.2 Å². The maximum Gasteiger partial charge on any atom is 0.164 e. The van der Waals surface area contributed by atoms with Crippen molar-refractivity contribution < 1.29 is 14.9 Å². The lowest BCUT2D eigenvalue weighted by Crippen LogP contribution is -2.35. The number of anilines is 1. The molecule has 8 nitrogen and oxygen atoms in total. The first-order valence-electron chi connectivity index (χ1n) is 5.92. The van der Waals surface area contributed by atoms with Crippen LogP contribution in [0.4, 0.5) is 5.82 Å². The molecule has 102 valence electrons. The molecule has 3 heterocycles. The lowest BCUT2D eigenvalue weighted by molar-refractivity contribution is -0.0318. The molecule has 3 rings (SSSR count). The Morgan fingerprint density at radius 1 is 1.32 bits per heavy atom. The van der Waals surface area contributed by atoms with Crippen molar-refractivity contribution in [3.63, 3.8) is 0 Å². The molecule has 0 bridgehead atoms. The Kier molecular flexibility index (Phi) is 2.86. The van der Waals surface area contributed by atoms with E-state index < -0.39 is 24.5 Å². The second-order valence-electron chi connectivity index (χ2n) is 4.50. The third-order valence-electron chi connectivity index (χ3n) is 3.38. The third-order valence-corrected chi connectivity index (χ3v) is 3.38. The number of hydrogen-bond acceptors (Lipinski definition) is 7. The summed E-state index contributed by atoms with van der Waals surface area (Å²) in [7, 11) is 0. The van der Waals surface area contributed by atoms with Gasteiger partial charge in [0.15, 0.2) is 6.23 Å². The molecular weight excluding hydrogens is 250 g/mol. The van der Waals surface area contributed by atoms with Crippen molar-refractivity contribution in [2.75, 3.05) is 12.3 Å². The molecule has 0 aliphatic carbocycles. The van der Waals surface area contributed by atoms with Crippen molar-refractivity contribution >= 4 is 16.9 Å². The standard InChI is InChI=1S/C11H15N5O3/c12-3-6-7(17)8(18)11(19-6)16-2-1-5-9(13)14-4-15-10(5)16/h1-2,4,6-8,11,17-18H,3,12H2,(H2,13,14,15)/t6-,7-,8-,11-/m1/s1. The van der Waals surface area contributed by atoms with Gasteiger partial charge in [-0.1, -0.05) is 0 Å². The summed E-state index contributed by atoms with van der Waals surface area (Å²) in [6, 6.07) is 1.74. The van der Waals surface area contributed by atoms with Crippen LogP contribution < -0.4 is 11.5 Å². The number of aromatic nitrogens is 3. The summed E-state index contributed by atoms with van der Waals surface area (Å²) >= 11 is 0. The highest BCUT2D eigenvalue weighted by Gasteiger charge is 2.43. The van der Waals surface area contributed by atoms with Gasteiger partial charge >= 0.3 is 0 Å². The van der Waals surface area contributed by atoms with E-state index in [0.717, 1.165) is 0 Å². The van der Waals surface area contributed by atoms with Crippen LogP contribution in [0.15, 0.2) is 18.6 Å². The van der Waals surface area contributed by atoms with E-state index in [1.165, 1.54) is 6.33 Å². The van der Waals surface area contributed by atoms with E-state index in [2.05, 4.69) is 9.97 Å². The van der Waals surface area contributed by atoms with Crippen molar-refractivity contribution in [3.05, 3.63) is 18.6 Å². The highest BCUT2D eigenvalue weighted by molar-refractivity contribution is 5.86. The summed E-state index contributed by atoms with van der Waals surface area (Å²) < 4.78 is 7.19. The molecule has 0 radical (unpaired) electrons. The van der Waals surface area contributed by atoms with Gasteiger partial charge in [-0.2, -0.15) is 0 Å². The van der Waals surface area contributed by atoms with Crippen LogP contribution in [-0.4, -0.2) is 49.6 Å². The lowest BCUT2D eigenvalue weighted by atomic mass is 10.1. The average molecular weight is 265 g/mol. The zero-order valence-electron chi connectivity index (χ0n) is 10.0. The second-order valence-corrected chi connectivity index (χ2v) is 4.50. The van der Waals surface area contributed by atoms with Gasteiger partial charge in [0.2, 0.25) is 0 Å². The Bertz CT molecular complexity index is 601. The van der Waals surface area contributed by atoms with E-state index in [0.29, 0.717) is 16.9 Å². The van der Waals surface area contributed by atoms with Crippen molar-refractivity contribution in [2.45, 2.75) is 24.5 Å². The van der Waals surface area contributed by atoms with Crippen LogP contribution >= 0.6 is 0 Å². The van der Waals surface area contributed by atoms with Crippen LogP contribution in [0.1, 0.15) is 6.23 Å². The molecule has 1 aliphatic heterocycles. The van der Waals surface area contributed by atoms with Crippen LogP contribution in [-0.2, 0) is 4.74 Å². The molecule has 0 saturated carbocycles. The van der Waals surface area contributed by atoms with Crippen molar-refractivity contribution in [1.29, 1.82) is 0 Å². The number of aliphatic hydroxyl groups excluding tert-OH is 2. The van der Waals surface area contributed by atoms with Crippen LogP contribution in [0.25, 0.3) is 11.0 Å². The van der Waals surface area contributed by atoms with Crippen LogP contribution in [0.5, 0.6) is 0 Å². The average Bonchev–Trinajstić information content (AvgIpc) is 2.94. The topological polar surface area (TPSA) is 132 Å². The Balaban J connectivity index is 2.04. The highest BCUT2D eigenvalue weighted by atomic mass is 16.6. The number of nitrogens with two attached hydrogens (primary N) is 2. The van der Waals surface area contributed by atoms with Gasteiger partial charge < -0.3 is 31.0 Å². The minimum absolute atomic E-state index is 0.130. The SMILES string of the molecule is NC[C@H]1O[C@@H](n2ccc3c(N)ncnc32)[C@H](O)[C@@H]1O. The lowest BCUT2D eigenvalue weighted by Gasteiger charge is -2.17. The summed E-state index contributed by atoms with van der Waals surface area (Å²) in [4.78, 5) is 8.02. The molecule has 1 aliphatic rings. The fraction of sp³-hybridized carbons (Fsp3) is 0.455. The van der Waals surface area contributed by atoms with Gasteiger partial charge in [-0.3, -0.25) is 0 Å². The molecule has 0 amide bonds. The molecule has 2 aromatic heterocycles. The fourth-order valence-electron chi connectivity index (χ4n) is 2.35. The summed E-state index contributed by atoms with van der Waals surface area (Å²) in [6.45, 7) is 0.130. The normalized spacial score (nSPS) is 31.1. The van der Waals surface area contributed by atoms with E-state index >= 15 is 0 Å². The number of nitrogen functional groups attached to an aromatic ring is 1. The molecule has 1 fully saturated rings. The van der Waals surface area contributed by atoms with Gasteiger partial charge in [0, 0.05) is 12.7 Å². The monoisotopic (exact) mass is 265 g/mol. The van der Waals surface area contributed by atoms with E-state index in [4.69, 9.17) is 16.2 Å². The zero-order chi connectivity index (χ0) is 13.6. The highest BCUT2D eigenvalue weighted by Crippen LogP contribution is 2.32. The van der Waals surface area contributed by atoms with E-state index in [1.807, 2.05) is 0 Å². The van der Waals surface area contributed by atoms with Gasteiger partial charge in [0.25, 0.3) is 0 Å². The first kappa shape index (κ1) is 12.3. The number of rotatable bonds is 2. The fourth-order valence-corrected chi connectivity index (χ4v) is 2.35. The minimum atomic E-state index is -1.07. The Labute approximate surface area is 108 Å². The predicted molar refractivity (Wildman–Crippen MR) is 66.9 cm³/mol. The molecule has 4 atom stereocenters. The smallest absolute Gasteiger partial charge is 0.164 e. The van der Waals surface area contributed by atoms with Gasteiger partial charge in [-0.15, -0.1) is 0 Å². The number of aliphatic hydroxyl groups is 2. The van der Waals surface area contributed by atoms with E-state index in [1.54, 1.807) is 16.8 Å². The summed E-state index contributed by atoms with van der Waals surface area (Å²) in [5.74, 6) is 0.354. The predicted octanol–water partition coefficient (Wildman–Crippen LogP) is -1.41. The maximum absolute atomic E-state index is 10.0. The summed E-state index contributed by atoms with van der Waals surface area (Å²) in [5, 5.41) is 20.5. The molecule has 0 spiro atoms. The zero-order valence-corrected chi connectivity index (χ0v) is 10.0.